The van der Waals surface area contributed by atoms with E-state index in [2.05, 4.69) is 31.0 Å². The molecule has 2 fully saturated rings. The molecular formula is C16H32N2O. The Morgan fingerprint density at radius 2 is 1.89 bits per heavy atom. The molecule has 2 aliphatic heterocycles. The Kier molecular flexibility index (Phi) is 5.27. The molecule has 19 heavy (non-hydrogen) atoms. The lowest BCUT2D eigenvalue weighted by atomic mass is 9.77. The van der Waals surface area contributed by atoms with Gasteiger partial charge in [-0.2, -0.15) is 0 Å². The zero-order chi connectivity index (χ0) is 13.8. The summed E-state index contributed by atoms with van der Waals surface area (Å²) >= 11 is 0. The Hall–Kier alpha value is -0.120. The van der Waals surface area contributed by atoms with Gasteiger partial charge in [0.05, 0.1) is 6.61 Å². The van der Waals surface area contributed by atoms with E-state index >= 15 is 0 Å². The van der Waals surface area contributed by atoms with Gasteiger partial charge in [-0.3, -0.25) is 0 Å². The molecule has 0 saturated carbocycles. The van der Waals surface area contributed by atoms with Crippen LogP contribution >= 0.6 is 0 Å². The number of ether oxygens (including phenoxy) is 1. The third-order valence-corrected chi connectivity index (χ3v) is 5.41. The molecule has 0 aromatic heterocycles. The van der Waals surface area contributed by atoms with Gasteiger partial charge < -0.3 is 15.0 Å². The van der Waals surface area contributed by atoms with E-state index < -0.39 is 0 Å². The van der Waals surface area contributed by atoms with E-state index in [9.17, 15) is 0 Å². The van der Waals surface area contributed by atoms with Crippen molar-refractivity contribution >= 4 is 0 Å². The van der Waals surface area contributed by atoms with Crippen molar-refractivity contribution in [2.75, 3.05) is 45.9 Å². The number of likely N-dealkylation sites (tertiary alicyclic amines) is 1. The molecule has 0 bridgehead atoms. The van der Waals surface area contributed by atoms with E-state index in [4.69, 9.17) is 4.74 Å². The van der Waals surface area contributed by atoms with E-state index in [1.165, 1.54) is 45.3 Å². The van der Waals surface area contributed by atoms with Crippen LogP contribution in [0.3, 0.4) is 0 Å². The Morgan fingerprint density at radius 1 is 1.16 bits per heavy atom. The molecule has 0 radical (unpaired) electrons. The first kappa shape index (κ1) is 15.3. The summed E-state index contributed by atoms with van der Waals surface area (Å²) in [7, 11) is 0. The van der Waals surface area contributed by atoms with Crippen molar-refractivity contribution in [2.45, 2.75) is 46.5 Å². The summed E-state index contributed by atoms with van der Waals surface area (Å²) in [5.74, 6) is 0. The normalized spacial score (nSPS) is 31.7. The fraction of sp³-hybridized carbons (Fsp3) is 1.00. The largest absolute Gasteiger partial charge is 0.381 e. The lowest BCUT2D eigenvalue weighted by molar-refractivity contribution is 0.0617. The summed E-state index contributed by atoms with van der Waals surface area (Å²) in [6.07, 6.45) is 5.28. The zero-order valence-corrected chi connectivity index (χ0v) is 13.1. The molecule has 3 heteroatoms. The Bertz CT molecular complexity index is 266. The minimum atomic E-state index is 0.371. The molecule has 112 valence electrons. The number of hydrogen-bond donors (Lipinski definition) is 1. The quantitative estimate of drug-likeness (QED) is 0.801. The van der Waals surface area contributed by atoms with Crippen LogP contribution in [0.25, 0.3) is 0 Å². The molecule has 0 aliphatic carbocycles. The fourth-order valence-electron chi connectivity index (χ4n) is 3.44. The van der Waals surface area contributed by atoms with Crippen molar-refractivity contribution in [3.05, 3.63) is 0 Å². The second-order valence-corrected chi connectivity index (χ2v) is 7.02. The van der Waals surface area contributed by atoms with Crippen LogP contribution in [0.15, 0.2) is 0 Å². The van der Waals surface area contributed by atoms with Gasteiger partial charge in [0.1, 0.15) is 0 Å². The predicted molar refractivity (Wildman–Crippen MR) is 80.5 cm³/mol. The van der Waals surface area contributed by atoms with Gasteiger partial charge >= 0.3 is 0 Å². The van der Waals surface area contributed by atoms with Crippen LogP contribution in [-0.4, -0.2) is 50.8 Å². The molecule has 0 aromatic rings. The summed E-state index contributed by atoms with van der Waals surface area (Å²) in [5.41, 5.74) is 0.966. The van der Waals surface area contributed by atoms with Crippen LogP contribution in [0.2, 0.25) is 0 Å². The second kappa shape index (κ2) is 6.55. The van der Waals surface area contributed by atoms with Gasteiger partial charge in [0.2, 0.25) is 0 Å². The maximum atomic E-state index is 5.69. The van der Waals surface area contributed by atoms with Gasteiger partial charge in [0.25, 0.3) is 0 Å². The lowest BCUT2D eigenvalue weighted by Crippen LogP contribution is -2.48. The summed E-state index contributed by atoms with van der Waals surface area (Å²) in [6.45, 7) is 14.8. The third kappa shape index (κ3) is 3.93. The summed E-state index contributed by atoms with van der Waals surface area (Å²) < 4.78 is 5.69. The second-order valence-electron chi connectivity index (χ2n) is 7.02. The van der Waals surface area contributed by atoms with E-state index in [1.807, 2.05) is 0 Å². The van der Waals surface area contributed by atoms with Crippen molar-refractivity contribution in [2.24, 2.45) is 10.8 Å². The third-order valence-electron chi connectivity index (χ3n) is 5.41. The molecule has 1 unspecified atom stereocenters. The summed E-state index contributed by atoms with van der Waals surface area (Å²) in [4.78, 5) is 2.68. The highest BCUT2D eigenvalue weighted by molar-refractivity contribution is 4.91. The molecule has 1 atom stereocenters. The molecule has 0 spiro atoms. The number of nitrogens with one attached hydrogen (secondary N) is 1. The van der Waals surface area contributed by atoms with Crippen molar-refractivity contribution in [1.82, 2.24) is 10.2 Å². The van der Waals surface area contributed by atoms with Crippen molar-refractivity contribution < 1.29 is 4.74 Å². The van der Waals surface area contributed by atoms with Crippen LogP contribution in [0.5, 0.6) is 0 Å². The average molecular weight is 268 g/mol. The van der Waals surface area contributed by atoms with Gasteiger partial charge in [0, 0.05) is 25.1 Å². The van der Waals surface area contributed by atoms with Crippen LogP contribution in [0, 0.1) is 10.8 Å². The minimum absolute atomic E-state index is 0.371. The van der Waals surface area contributed by atoms with E-state index in [1.54, 1.807) is 0 Å². The Balaban J connectivity index is 1.85. The van der Waals surface area contributed by atoms with Gasteiger partial charge in [-0.15, -0.1) is 0 Å². The minimum Gasteiger partial charge on any atom is -0.381 e. The number of piperidine rings is 1. The molecule has 3 nitrogen and oxygen atoms in total. The van der Waals surface area contributed by atoms with E-state index in [-0.39, 0.29) is 0 Å². The van der Waals surface area contributed by atoms with Crippen molar-refractivity contribution in [3.8, 4) is 0 Å². The first-order valence-electron chi connectivity index (χ1n) is 8.12. The molecule has 2 rings (SSSR count). The number of hydrogen-bond acceptors (Lipinski definition) is 3. The standard InChI is InChI=1S/C16H32N2O/c1-4-15(3)6-9-18(10-7-15)13-16(12-17-5-2)8-11-19-14-16/h17H,4-14H2,1-3H3. The Labute approximate surface area is 119 Å². The molecule has 0 amide bonds. The van der Waals surface area contributed by atoms with E-state index in [0.29, 0.717) is 10.8 Å². The molecule has 1 N–H and O–H groups in total. The highest BCUT2D eigenvalue weighted by atomic mass is 16.5. The van der Waals surface area contributed by atoms with Crippen molar-refractivity contribution in [3.63, 3.8) is 0 Å². The maximum absolute atomic E-state index is 5.69. The number of nitrogens with zero attached hydrogens (tertiary/aromatic N) is 1. The summed E-state index contributed by atoms with van der Waals surface area (Å²) in [5, 5.41) is 3.54. The zero-order valence-electron chi connectivity index (χ0n) is 13.1. The molecule has 2 heterocycles. The van der Waals surface area contributed by atoms with Gasteiger partial charge in [-0.05, 0) is 44.3 Å². The molecular weight excluding hydrogens is 236 g/mol. The molecule has 2 aliphatic rings. The lowest BCUT2D eigenvalue weighted by Gasteiger charge is -2.42. The summed E-state index contributed by atoms with van der Waals surface area (Å²) in [6, 6.07) is 0. The highest BCUT2D eigenvalue weighted by Crippen LogP contribution is 2.36. The van der Waals surface area contributed by atoms with Gasteiger partial charge in [-0.25, -0.2) is 0 Å². The smallest absolute Gasteiger partial charge is 0.0547 e. The molecule has 0 aromatic carbocycles. The van der Waals surface area contributed by atoms with E-state index in [0.717, 1.165) is 26.3 Å². The maximum Gasteiger partial charge on any atom is 0.0547 e. The first-order chi connectivity index (χ1) is 9.11. The topological polar surface area (TPSA) is 24.5 Å². The van der Waals surface area contributed by atoms with Crippen LogP contribution < -0.4 is 5.32 Å². The fourth-order valence-corrected chi connectivity index (χ4v) is 3.44. The molecule has 2 saturated heterocycles. The predicted octanol–water partition coefficient (Wildman–Crippen LogP) is 2.51. The number of rotatable bonds is 6. The monoisotopic (exact) mass is 268 g/mol. The van der Waals surface area contributed by atoms with Crippen LogP contribution in [0.4, 0.5) is 0 Å². The van der Waals surface area contributed by atoms with Crippen molar-refractivity contribution in [1.29, 1.82) is 0 Å². The average Bonchev–Trinajstić information content (AvgIpc) is 2.88. The SMILES string of the molecule is CCNCC1(CN2CCC(C)(CC)CC2)CCOC1. The van der Waals surface area contributed by atoms with Gasteiger partial charge in [0.15, 0.2) is 0 Å². The van der Waals surface area contributed by atoms with Crippen LogP contribution in [0.1, 0.15) is 46.5 Å². The first-order valence-corrected chi connectivity index (χ1v) is 8.12. The Morgan fingerprint density at radius 3 is 2.42 bits per heavy atom. The van der Waals surface area contributed by atoms with Gasteiger partial charge in [-0.1, -0.05) is 27.2 Å². The van der Waals surface area contributed by atoms with Crippen LogP contribution in [-0.2, 0) is 4.74 Å². The highest BCUT2D eigenvalue weighted by Gasteiger charge is 2.38.